The van der Waals surface area contributed by atoms with Gasteiger partial charge in [0.25, 0.3) is 10.0 Å². The van der Waals surface area contributed by atoms with Gasteiger partial charge in [-0.15, -0.1) is 0 Å². The van der Waals surface area contributed by atoms with Crippen molar-refractivity contribution in [1.82, 2.24) is 5.32 Å². The summed E-state index contributed by atoms with van der Waals surface area (Å²) >= 11 is 5.97. The Balaban J connectivity index is 1.82. The Morgan fingerprint density at radius 1 is 0.882 bits per heavy atom. The molecule has 0 heterocycles. The summed E-state index contributed by atoms with van der Waals surface area (Å²) in [5.41, 5.74) is 1.07. The van der Waals surface area contributed by atoms with Crippen LogP contribution in [0.2, 0.25) is 5.02 Å². The summed E-state index contributed by atoms with van der Waals surface area (Å²) in [6.07, 6.45) is 0. The minimum atomic E-state index is -4.05. The predicted molar refractivity (Wildman–Crippen MR) is 130 cm³/mol. The molecule has 0 fully saturated rings. The second-order valence-corrected chi connectivity index (χ2v) is 9.43. The minimum absolute atomic E-state index is 0.0240. The Morgan fingerprint density at radius 2 is 1.53 bits per heavy atom. The van der Waals surface area contributed by atoms with Crippen LogP contribution in [-0.4, -0.2) is 42.2 Å². The largest absolute Gasteiger partial charge is 0.497 e. The Bertz CT molecular complexity index is 1230. The molecule has 0 radical (unpaired) electrons. The highest BCUT2D eigenvalue weighted by atomic mass is 35.5. The van der Waals surface area contributed by atoms with Crippen LogP contribution in [-0.2, 0) is 21.4 Å². The number of amides is 1. The zero-order valence-corrected chi connectivity index (χ0v) is 20.5. The number of carbonyl (C=O) groups is 1. The van der Waals surface area contributed by atoms with Gasteiger partial charge >= 0.3 is 0 Å². The number of anilines is 1. The molecule has 3 rings (SSSR count). The van der Waals surface area contributed by atoms with E-state index in [1.807, 2.05) is 0 Å². The molecule has 34 heavy (non-hydrogen) atoms. The Morgan fingerprint density at radius 3 is 2.12 bits per heavy atom. The van der Waals surface area contributed by atoms with Crippen molar-refractivity contribution in [2.24, 2.45) is 0 Å². The van der Waals surface area contributed by atoms with Gasteiger partial charge in [0.05, 0.1) is 31.9 Å². The molecule has 0 atom stereocenters. The first-order chi connectivity index (χ1) is 16.3. The molecule has 10 heteroatoms. The molecule has 0 saturated carbocycles. The zero-order valence-electron chi connectivity index (χ0n) is 18.9. The molecule has 0 aliphatic heterocycles. The number of rotatable bonds is 10. The number of hydrogen-bond acceptors (Lipinski definition) is 6. The molecule has 0 bridgehead atoms. The number of ether oxygens (including phenoxy) is 3. The van der Waals surface area contributed by atoms with Crippen LogP contribution in [0.25, 0.3) is 0 Å². The standard InChI is InChI=1S/C24H25ClN2O6S/c1-31-20-9-11-21(12-10-20)34(29,30)27(19-7-5-18(25)6-8-19)16-24(28)26-15-17-4-13-22(32-2)23(14-17)33-3/h4-14H,15-16H2,1-3H3,(H,26,28). The SMILES string of the molecule is COc1ccc(S(=O)(=O)N(CC(=O)NCc2ccc(OC)c(OC)c2)c2ccc(Cl)cc2)cc1. The third-order valence-corrected chi connectivity index (χ3v) is 7.03. The smallest absolute Gasteiger partial charge is 0.264 e. The normalized spacial score (nSPS) is 10.9. The van der Waals surface area contributed by atoms with Gasteiger partial charge in [0.15, 0.2) is 11.5 Å². The lowest BCUT2D eigenvalue weighted by Gasteiger charge is -2.24. The molecular weight excluding hydrogens is 480 g/mol. The van der Waals surface area contributed by atoms with Gasteiger partial charge in [0, 0.05) is 11.6 Å². The summed E-state index contributed by atoms with van der Waals surface area (Å²) in [4.78, 5) is 12.8. The van der Waals surface area contributed by atoms with E-state index in [1.165, 1.54) is 33.5 Å². The molecule has 8 nitrogen and oxygen atoms in total. The van der Waals surface area contributed by atoms with E-state index >= 15 is 0 Å². The van der Waals surface area contributed by atoms with E-state index in [9.17, 15) is 13.2 Å². The molecule has 0 aliphatic carbocycles. The maximum atomic E-state index is 13.4. The zero-order chi connectivity index (χ0) is 24.7. The van der Waals surface area contributed by atoms with Crippen LogP contribution >= 0.6 is 11.6 Å². The minimum Gasteiger partial charge on any atom is -0.497 e. The van der Waals surface area contributed by atoms with Gasteiger partial charge in [-0.25, -0.2) is 8.42 Å². The molecule has 0 aromatic heterocycles. The fourth-order valence-electron chi connectivity index (χ4n) is 3.17. The number of sulfonamides is 1. The molecule has 3 aromatic rings. The van der Waals surface area contributed by atoms with E-state index in [0.717, 1.165) is 9.87 Å². The number of nitrogens with one attached hydrogen (secondary N) is 1. The van der Waals surface area contributed by atoms with E-state index in [2.05, 4.69) is 5.32 Å². The molecule has 3 aromatic carbocycles. The van der Waals surface area contributed by atoms with Gasteiger partial charge in [-0.1, -0.05) is 17.7 Å². The molecule has 1 amide bonds. The average molecular weight is 505 g/mol. The van der Waals surface area contributed by atoms with Crippen molar-refractivity contribution in [3.8, 4) is 17.2 Å². The molecule has 0 aliphatic rings. The van der Waals surface area contributed by atoms with Crippen LogP contribution in [0.3, 0.4) is 0 Å². The third kappa shape index (κ3) is 5.92. The molecule has 1 N–H and O–H groups in total. The first-order valence-corrected chi connectivity index (χ1v) is 12.0. The van der Waals surface area contributed by atoms with Crippen molar-refractivity contribution in [2.75, 3.05) is 32.2 Å². The van der Waals surface area contributed by atoms with Crippen molar-refractivity contribution in [3.05, 3.63) is 77.3 Å². The van der Waals surface area contributed by atoms with Gasteiger partial charge in [-0.2, -0.15) is 0 Å². The van der Waals surface area contributed by atoms with Gasteiger partial charge in [-0.3, -0.25) is 9.10 Å². The fraction of sp³-hybridized carbons (Fsp3) is 0.208. The lowest BCUT2D eigenvalue weighted by atomic mass is 10.2. The summed E-state index contributed by atoms with van der Waals surface area (Å²) in [6.45, 7) is -0.250. The van der Waals surface area contributed by atoms with Crippen LogP contribution in [0.1, 0.15) is 5.56 Å². The second-order valence-electron chi connectivity index (χ2n) is 7.13. The highest BCUT2D eigenvalue weighted by Crippen LogP contribution is 2.28. The fourth-order valence-corrected chi connectivity index (χ4v) is 4.72. The lowest BCUT2D eigenvalue weighted by molar-refractivity contribution is -0.119. The van der Waals surface area contributed by atoms with Crippen molar-refractivity contribution in [2.45, 2.75) is 11.4 Å². The van der Waals surface area contributed by atoms with Gasteiger partial charge in [0.1, 0.15) is 12.3 Å². The highest BCUT2D eigenvalue weighted by molar-refractivity contribution is 7.92. The maximum Gasteiger partial charge on any atom is 0.264 e. The third-order valence-electron chi connectivity index (χ3n) is 4.99. The van der Waals surface area contributed by atoms with Crippen molar-refractivity contribution < 1.29 is 27.4 Å². The summed E-state index contributed by atoms with van der Waals surface area (Å²) in [6, 6.07) is 17.4. The Hall–Kier alpha value is -3.43. The monoisotopic (exact) mass is 504 g/mol. The van der Waals surface area contributed by atoms with E-state index in [-0.39, 0.29) is 11.4 Å². The number of carbonyl (C=O) groups excluding carboxylic acids is 1. The summed E-state index contributed by atoms with van der Waals surface area (Å²) < 4.78 is 43.5. The topological polar surface area (TPSA) is 94.2 Å². The van der Waals surface area contributed by atoms with Crippen molar-refractivity contribution >= 4 is 33.2 Å². The van der Waals surface area contributed by atoms with Crippen molar-refractivity contribution in [3.63, 3.8) is 0 Å². The maximum absolute atomic E-state index is 13.4. The molecule has 0 unspecified atom stereocenters. The van der Waals surface area contributed by atoms with Crippen LogP contribution in [0.4, 0.5) is 5.69 Å². The van der Waals surface area contributed by atoms with Gasteiger partial charge in [0.2, 0.25) is 5.91 Å². The predicted octanol–water partition coefficient (Wildman–Crippen LogP) is 3.88. The van der Waals surface area contributed by atoms with E-state index in [1.54, 1.807) is 54.6 Å². The van der Waals surface area contributed by atoms with Crippen LogP contribution in [0, 0.1) is 0 Å². The Labute approximate surface area is 204 Å². The number of nitrogens with zero attached hydrogens (tertiary/aromatic N) is 1. The van der Waals surface area contributed by atoms with Crippen LogP contribution < -0.4 is 23.8 Å². The molecule has 0 saturated heterocycles. The van der Waals surface area contributed by atoms with E-state index in [4.69, 9.17) is 25.8 Å². The first kappa shape index (κ1) is 25.2. The van der Waals surface area contributed by atoms with Crippen LogP contribution in [0.5, 0.6) is 17.2 Å². The quantitative estimate of drug-likeness (QED) is 0.450. The van der Waals surface area contributed by atoms with Gasteiger partial charge in [-0.05, 0) is 66.2 Å². The summed E-state index contributed by atoms with van der Waals surface area (Å²) in [5, 5.41) is 3.20. The van der Waals surface area contributed by atoms with Crippen molar-refractivity contribution in [1.29, 1.82) is 0 Å². The molecule has 0 spiro atoms. The molecule has 180 valence electrons. The number of hydrogen-bond donors (Lipinski definition) is 1. The molecular formula is C24H25ClN2O6S. The number of methoxy groups -OCH3 is 3. The van der Waals surface area contributed by atoms with E-state index < -0.39 is 22.5 Å². The average Bonchev–Trinajstić information content (AvgIpc) is 2.86. The number of halogens is 1. The number of benzene rings is 3. The van der Waals surface area contributed by atoms with Gasteiger partial charge < -0.3 is 19.5 Å². The van der Waals surface area contributed by atoms with E-state index in [0.29, 0.717) is 28.0 Å². The summed E-state index contributed by atoms with van der Waals surface area (Å²) in [5.74, 6) is 1.13. The first-order valence-electron chi connectivity index (χ1n) is 10.2. The summed E-state index contributed by atoms with van der Waals surface area (Å²) in [7, 11) is 0.498. The highest BCUT2D eigenvalue weighted by Gasteiger charge is 2.27. The second kappa shape index (κ2) is 11.1. The lowest BCUT2D eigenvalue weighted by Crippen LogP contribution is -2.40. The Kier molecular flexibility index (Phi) is 8.25. The van der Waals surface area contributed by atoms with Crippen LogP contribution in [0.15, 0.2) is 71.6 Å².